The van der Waals surface area contributed by atoms with E-state index in [4.69, 9.17) is 24.2 Å². The third-order valence-corrected chi connectivity index (χ3v) is 6.49. The monoisotopic (exact) mass is 540 g/mol. The standard InChI is InChI=1S/C29H28N6O5/c1-5-38-24-11-19(29(36)37)12-25(39-6-2)28(24)35-16-22(21-14-32-34(15-21)9-7-8-30)27-23(35)10-20(13-31-27)26-17(3)33-40-18(26)4/h10-16H,5-7,9H2,1-4H3,(H,36,37). The number of carbonyl (C=O) groups is 1. The van der Waals surface area contributed by atoms with Crippen molar-refractivity contribution in [2.24, 2.45) is 0 Å². The maximum Gasteiger partial charge on any atom is 0.335 e. The number of rotatable bonds is 10. The molecule has 40 heavy (non-hydrogen) atoms. The van der Waals surface area contributed by atoms with Gasteiger partial charge in [0.05, 0.1) is 60.7 Å². The van der Waals surface area contributed by atoms with Gasteiger partial charge in [-0.1, -0.05) is 5.16 Å². The van der Waals surface area contributed by atoms with E-state index in [1.165, 1.54) is 12.1 Å². The molecule has 0 aliphatic heterocycles. The molecule has 1 N–H and O–H groups in total. The van der Waals surface area contributed by atoms with Gasteiger partial charge in [-0.05, 0) is 45.9 Å². The number of aryl methyl sites for hydroxylation is 3. The second kappa shape index (κ2) is 10.9. The molecule has 11 heteroatoms. The predicted octanol–water partition coefficient (Wildman–Crippen LogP) is 5.57. The number of fused-ring (bicyclic) bond motifs is 1. The van der Waals surface area contributed by atoms with Gasteiger partial charge in [-0.3, -0.25) is 9.67 Å². The van der Waals surface area contributed by atoms with Gasteiger partial charge in [-0.25, -0.2) is 4.79 Å². The van der Waals surface area contributed by atoms with Gasteiger partial charge in [0.25, 0.3) is 0 Å². The third-order valence-electron chi connectivity index (χ3n) is 6.49. The van der Waals surface area contributed by atoms with Crippen LogP contribution in [-0.4, -0.2) is 48.8 Å². The molecular formula is C29H28N6O5. The van der Waals surface area contributed by atoms with E-state index in [9.17, 15) is 9.90 Å². The fraction of sp³-hybridized carbons (Fsp3) is 0.276. The van der Waals surface area contributed by atoms with Crippen LogP contribution in [-0.2, 0) is 6.54 Å². The Morgan fingerprint density at radius 1 is 1.07 bits per heavy atom. The van der Waals surface area contributed by atoms with Crippen LogP contribution in [0.15, 0.2) is 47.5 Å². The number of aromatic nitrogens is 5. The molecular weight excluding hydrogens is 512 g/mol. The minimum absolute atomic E-state index is 0.0561. The van der Waals surface area contributed by atoms with Crippen LogP contribution >= 0.6 is 0 Å². The first-order valence-corrected chi connectivity index (χ1v) is 12.9. The Hall–Kier alpha value is -5.11. The van der Waals surface area contributed by atoms with Crippen molar-refractivity contribution in [2.45, 2.75) is 40.7 Å². The Kier molecular flexibility index (Phi) is 7.25. The fourth-order valence-corrected chi connectivity index (χ4v) is 4.80. The molecule has 1 aromatic carbocycles. The summed E-state index contributed by atoms with van der Waals surface area (Å²) in [6, 6.07) is 7.13. The average molecular weight is 541 g/mol. The van der Waals surface area contributed by atoms with Crippen LogP contribution in [0.3, 0.4) is 0 Å². The maximum absolute atomic E-state index is 11.9. The second-order valence-corrected chi connectivity index (χ2v) is 9.10. The van der Waals surface area contributed by atoms with Crippen molar-refractivity contribution >= 4 is 17.0 Å². The van der Waals surface area contributed by atoms with E-state index in [2.05, 4.69) is 16.3 Å². The number of ether oxygens (including phenoxy) is 2. The number of carboxylic acids is 1. The Bertz CT molecular complexity index is 1710. The van der Waals surface area contributed by atoms with Crippen molar-refractivity contribution in [1.29, 1.82) is 5.26 Å². The van der Waals surface area contributed by atoms with Crippen molar-refractivity contribution in [3.63, 3.8) is 0 Å². The zero-order valence-corrected chi connectivity index (χ0v) is 22.6. The molecule has 0 radical (unpaired) electrons. The first kappa shape index (κ1) is 26.5. The third kappa shape index (κ3) is 4.75. The summed E-state index contributed by atoms with van der Waals surface area (Å²) in [7, 11) is 0. The number of benzene rings is 1. The SMILES string of the molecule is CCOc1cc(C(=O)O)cc(OCC)c1-n1cc(-c2cnn(CCC#N)c2)c2ncc(-c3c(C)noc3C)cc21. The van der Waals surface area contributed by atoms with Gasteiger partial charge in [0.1, 0.15) is 22.9 Å². The van der Waals surface area contributed by atoms with Gasteiger partial charge in [-0.15, -0.1) is 0 Å². The Balaban J connectivity index is 1.81. The second-order valence-electron chi connectivity index (χ2n) is 9.10. The number of aromatic carboxylic acids is 1. The predicted molar refractivity (Wildman–Crippen MR) is 147 cm³/mol. The largest absolute Gasteiger partial charge is 0.492 e. The summed E-state index contributed by atoms with van der Waals surface area (Å²) in [5, 5.41) is 27.2. The Labute approximate surface area is 230 Å². The molecule has 0 aliphatic carbocycles. The van der Waals surface area contributed by atoms with Crippen LogP contribution in [0.5, 0.6) is 11.5 Å². The van der Waals surface area contributed by atoms with Gasteiger partial charge in [0, 0.05) is 40.8 Å². The Morgan fingerprint density at radius 3 is 2.40 bits per heavy atom. The molecule has 4 heterocycles. The summed E-state index contributed by atoms with van der Waals surface area (Å²) in [6.07, 6.45) is 7.65. The maximum atomic E-state index is 11.9. The van der Waals surface area contributed by atoms with Gasteiger partial charge in [0.2, 0.25) is 0 Å². The number of nitriles is 1. The summed E-state index contributed by atoms with van der Waals surface area (Å²) in [4.78, 5) is 16.8. The fourth-order valence-electron chi connectivity index (χ4n) is 4.80. The van der Waals surface area contributed by atoms with E-state index >= 15 is 0 Å². The number of nitrogens with zero attached hydrogens (tertiary/aromatic N) is 6. The highest BCUT2D eigenvalue weighted by Crippen LogP contribution is 2.41. The van der Waals surface area contributed by atoms with Gasteiger partial charge >= 0.3 is 5.97 Å². The molecule has 0 aliphatic rings. The molecule has 204 valence electrons. The van der Waals surface area contributed by atoms with Crippen LogP contribution in [0.25, 0.3) is 39.0 Å². The van der Waals surface area contributed by atoms with Crippen molar-refractivity contribution in [2.75, 3.05) is 13.2 Å². The summed E-state index contributed by atoms with van der Waals surface area (Å²) in [5.41, 5.74) is 6.08. The lowest BCUT2D eigenvalue weighted by Crippen LogP contribution is -2.07. The normalized spacial score (nSPS) is 11.1. The zero-order chi connectivity index (χ0) is 28.4. The highest BCUT2D eigenvalue weighted by atomic mass is 16.5. The minimum atomic E-state index is -1.08. The molecule has 0 bridgehead atoms. The van der Waals surface area contributed by atoms with Crippen molar-refractivity contribution < 1.29 is 23.9 Å². The average Bonchev–Trinajstić information content (AvgIpc) is 3.64. The number of hydrogen-bond donors (Lipinski definition) is 1. The lowest BCUT2D eigenvalue weighted by Gasteiger charge is -2.18. The highest BCUT2D eigenvalue weighted by Gasteiger charge is 2.24. The van der Waals surface area contributed by atoms with Crippen LogP contribution in [0.1, 0.15) is 42.1 Å². The van der Waals surface area contributed by atoms with Gasteiger partial charge < -0.3 is 23.7 Å². The summed E-state index contributed by atoms with van der Waals surface area (Å²) in [5.74, 6) is 0.314. The molecule has 0 saturated carbocycles. The van der Waals surface area contributed by atoms with Crippen molar-refractivity contribution in [1.82, 2.24) is 24.5 Å². The molecule has 0 atom stereocenters. The molecule has 11 nitrogen and oxygen atoms in total. The summed E-state index contributed by atoms with van der Waals surface area (Å²) >= 11 is 0. The minimum Gasteiger partial charge on any atom is -0.492 e. The molecule has 0 amide bonds. The van der Waals surface area contributed by atoms with E-state index in [1.807, 2.05) is 50.7 Å². The molecule has 4 aromatic heterocycles. The van der Waals surface area contributed by atoms with Crippen LogP contribution in [0.2, 0.25) is 0 Å². The van der Waals surface area contributed by atoms with E-state index in [0.29, 0.717) is 54.6 Å². The number of hydrogen-bond acceptors (Lipinski definition) is 8. The quantitative estimate of drug-likeness (QED) is 0.241. The van der Waals surface area contributed by atoms with E-state index in [0.717, 1.165) is 33.5 Å². The summed E-state index contributed by atoms with van der Waals surface area (Å²) < 4.78 is 21.0. The van der Waals surface area contributed by atoms with E-state index in [1.54, 1.807) is 17.1 Å². The van der Waals surface area contributed by atoms with Crippen LogP contribution in [0.4, 0.5) is 0 Å². The van der Waals surface area contributed by atoms with Crippen LogP contribution < -0.4 is 9.47 Å². The van der Waals surface area contributed by atoms with E-state index < -0.39 is 5.97 Å². The number of carboxylic acid groups (broad SMARTS) is 1. The molecule has 5 aromatic rings. The van der Waals surface area contributed by atoms with E-state index in [-0.39, 0.29) is 5.56 Å². The highest BCUT2D eigenvalue weighted by molar-refractivity contribution is 5.97. The van der Waals surface area contributed by atoms with Crippen molar-refractivity contribution in [3.8, 4) is 45.5 Å². The first-order chi connectivity index (χ1) is 19.4. The van der Waals surface area contributed by atoms with Crippen molar-refractivity contribution in [3.05, 3.63) is 60.0 Å². The first-order valence-electron chi connectivity index (χ1n) is 12.9. The lowest BCUT2D eigenvalue weighted by molar-refractivity contribution is 0.0695. The van der Waals surface area contributed by atoms with Gasteiger partial charge in [0.15, 0.2) is 0 Å². The molecule has 0 spiro atoms. The topological polar surface area (TPSA) is 141 Å². The van der Waals surface area contributed by atoms with Gasteiger partial charge in [-0.2, -0.15) is 10.4 Å². The molecule has 5 rings (SSSR count). The zero-order valence-electron chi connectivity index (χ0n) is 22.6. The smallest absolute Gasteiger partial charge is 0.335 e. The summed E-state index contributed by atoms with van der Waals surface area (Å²) in [6.45, 7) is 8.51. The van der Waals surface area contributed by atoms with Crippen LogP contribution in [0, 0.1) is 25.2 Å². The molecule has 0 unspecified atom stereocenters. The number of pyridine rings is 1. The lowest BCUT2D eigenvalue weighted by atomic mass is 10.1. The Morgan fingerprint density at radius 2 is 1.80 bits per heavy atom. The molecule has 0 saturated heterocycles. The molecule has 0 fully saturated rings.